The van der Waals surface area contributed by atoms with E-state index in [-0.39, 0.29) is 6.42 Å². The lowest BCUT2D eigenvalue weighted by atomic mass is 10.3. The molecular formula is C12H14O4S. The molecule has 0 aromatic carbocycles. The first-order chi connectivity index (χ1) is 8.02. The fourth-order valence-corrected chi connectivity index (χ4v) is 1.52. The Morgan fingerprint density at radius 1 is 1.12 bits per heavy atom. The molecule has 92 valence electrons. The van der Waals surface area contributed by atoms with Crippen LogP contribution in [0.25, 0.3) is 0 Å². The summed E-state index contributed by atoms with van der Waals surface area (Å²) in [5.41, 5.74) is 0. The molecule has 0 saturated carbocycles. The zero-order chi connectivity index (χ0) is 13.1. The van der Waals surface area contributed by atoms with Crippen LogP contribution in [0.15, 0.2) is 41.8 Å². The molecule has 0 aliphatic heterocycles. The Morgan fingerprint density at radius 3 is 2.24 bits per heavy atom. The van der Waals surface area contributed by atoms with Crippen LogP contribution in [-0.4, -0.2) is 22.2 Å². The fourth-order valence-electron chi connectivity index (χ4n) is 0.816. The van der Waals surface area contributed by atoms with E-state index in [4.69, 9.17) is 15.0 Å². The number of carboxylic acids is 2. The fraction of sp³-hybridized carbons (Fsp3) is 0.167. The number of carboxylic acid groups (broad SMARTS) is 2. The molecule has 0 bridgehead atoms. The molecule has 1 rings (SSSR count). The SMILES string of the molecule is CC(=O)O.O=C(O)Cc1cccccccs1. The van der Waals surface area contributed by atoms with Crippen LogP contribution in [0.2, 0.25) is 0 Å². The highest BCUT2D eigenvalue weighted by Gasteiger charge is 1.96. The van der Waals surface area contributed by atoms with Crippen LogP contribution in [0, 0.1) is 0 Å². The maximum atomic E-state index is 10.4. The third-order valence-electron chi connectivity index (χ3n) is 1.35. The van der Waals surface area contributed by atoms with Gasteiger partial charge in [-0.25, -0.2) is 0 Å². The molecule has 0 aliphatic carbocycles. The third kappa shape index (κ3) is 12.0. The molecule has 1 heterocycles. The number of aliphatic carboxylic acids is 2. The largest absolute Gasteiger partial charge is 0.481 e. The summed E-state index contributed by atoms with van der Waals surface area (Å²) in [4.78, 5) is 20.3. The van der Waals surface area contributed by atoms with Crippen molar-refractivity contribution in [2.24, 2.45) is 0 Å². The molecule has 0 spiro atoms. The molecule has 2 N–H and O–H groups in total. The lowest BCUT2D eigenvalue weighted by molar-refractivity contribution is -0.136. The van der Waals surface area contributed by atoms with E-state index in [0.29, 0.717) is 0 Å². The molecule has 0 fully saturated rings. The summed E-state index contributed by atoms with van der Waals surface area (Å²) in [5.74, 6) is -1.63. The lowest BCUT2D eigenvalue weighted by Crippen LogP contribution is -1.97. The predicted octanol–water partition coefficient (Wildman–Crippen LogP) is 2.59. The van der Waals surface area contributed by atoms with Gasteiger partial charge in [0.05, 0.1) is 6.42 Å². The highest BCUT2D eigenvalue weighted by molar-refractivity contribution is 7.09. The Balaban J connectivity index is 0.000000557. The van der Waals surface area contributed by atoms with E-state index in [9.17, 15) is 4.79 Å². The molecule has 4 nitrogen and oxygen atoms in total. The summed E-state index contributed by atoms with van der Waals surface area (Å²) in [6.45, 7) is 1.08. The van der Waals surface area contributed by atoms with Crippen LogP contribution in [0.3, 0.4) is 0 Å². The molecule has 5 heteroatoms. The van der Waals surface area contributed by atoms with Gasteiger partial charge in [-0.05, 0) is 11.4 Å². The highest BCUT2D eigenvalue weighted by atomic mass is 32.1. The van der Waals surface area contributed by atoms with E-state index in [1.807, 2.05) is 41.8 Å². The van der Waals surface area contributed by atoms with E-state index in [1.165, 1.54) is 11.3 Å². The second-order valence-electron chi connectivity index (χ2n) is 2.94. The number of hydrogen-bond acceptors (Lipinski definition) is 3. The normalized spacial score (nSPS) is 8.29. The molecule has 0 unspecified atom stereocenters. The van der Waals surface area contributed by atoms with Gasteiger partial charge in [0.1, 0.15) is 0 Å². The average Bonchev–Trinajstić information content (AvgIpc) is 2.30. The molecule has 0 atom stereocenters. The Hall–Kier alpha value is -1.88. The first kappa shape index (κ1) is 15.1. The molecule has 17 heavy (non-hydrogen) atoms. The van der Waals surface area contributed by atoms with Crippen molar-refractivity contribution in [2.45, 2.75) is 13.3 Å². The van der Waals surface area contributed by atoms with Crippen molar-refractivity contribution in [3.05, 3.63) is 46.7 Å². The zero-order valence-electron chi connectivity index (χ0n) is 9.37. The highest BCUT2D eigenvalue weighted by Crippen LogP contribution is 2.04. The number of rotatable bonds is 2. The summed E-state index contributed by atoms with van der Waals surface area (Å²) >= 11 is 1.44. The van der Waals surface area contributed by atoms with Crippen LogP contribution >= 0.6 is 11.3 Å². The van der Waals surface area contributed by atoms with Gasteiger partial charge >= 0.3 is 5.97 Å². The maximum Gasteiger partial charge on any atom is 0.308 e. The second kappa shape index (κ2) is 9.35. The quantitative estimate of drug-likeness (QED) is 0.850. The van der Waals surface area contributed by atoms with E-state index >= 15 is 0 Å². The van der Waals surface area contributed by atoms with Crippen LogP contribution in [0.5, 0.6) is 0 Å². The average molecular weight is 254 g/mol. The van der Waals surface area contributed by atoms with Crippen molar-refractivity contribution >= 4 is 23.3 Å². The summed E-state index contributed by atoms with van der Waals surface area (Å²) < 4.78 is 0. The van der Waals surface area contributed by atoms with E-state index in [1.54, 1.807) is 0 Å². The Labute approximate surface area is 103 Å². The van der Waals surface area contributed by atoms with E-state index in [2.05, 4.69) is 0 Å². The topological polar surface area (TPSA) is 74.6 Å². The predicted molar refractivity (Wildman–Crippen MR) is 66.6 cm³/mol. The molecule has 0 radical (unpaired) electrons. The lowest BCUT2D eigenvalue weighted by Gasteiger charge is -1.89. The standard InChI is InChI=1S/C10H10O2S.C2H4O2/c11-10(12)8-9-6-4-2-1-3-5-7-13-9;1-2(3)4/h1-7H,8H2,(H,11,12);1H3,(H,3,4). The van der Waals surface area contributed by atoms with Crippen molar-refractivity contribution in [1.82, 2.24) is 0 Å². The van der Waals surface area contributed by atoms with Gasteiger partial charge in [-0.3, -0.25) is 9.59 Å². The zero-order valence-corrected chi connectivity index (χ0v) is 10.2. The van der Waals surface area contributed by atoms with Crippen molar-refractivity contribution in [3.8, 4) is 0 Å². The summed E-state index contributed by atoms with van der Waals surface area (Å²) in [6.07, 6.45) is 0.0827. The smallest absolute Gasteiger partial charge is 0.308 e. The van der Waals surface area contributed by atoms with Gasteiger partial charge in [-0.15, -0.1) is 11.3 Å². The monoisotopic (exact) mass is 254 g/mol. The van der Waals surface area contributed by atoms with Crippen molar-refractivity contribution in [1.29, 1.82) is 0 Å². The van der Waals surface area contributed by atoms with Gasteiger partial charge in [0.2, 0.25) is 0 Å². The van der Waals surface area contributed by atoms with Crippen LogP contribution in [0.4, 0.5) is 0 Å². The number of carbonyl (C=O) groups is 2. The van der Waals surface area contributed by atoms with Gasteiger partial charge in [-0.2, -0.15) is 0 Å². The number of hydrogen-bond donors (Lipinski definition) is 2. The minimum absolute atomic E-state index is 0.0827. The van der Waals surface area contributed by atoms with Gasteiger partial charge in [-0.1, -0.05) is 30.3 Å². The van der Waals surface area contributed by atoms with Gasteiger partial charge in [0.25, 0.3) is 5.97 Å². The van der Waals surface area contributed by atoms with Gasteiger partial charge in [0, 0.05) is 11.8 Å². The van der Waals surface area contributed by atoms with Crippen LogP contribution in [0.1, 0.15) is 11.8 Å². The summed E-state index contributed by atoms with van der Waals surface area (Å²) in [6, 6.07) is 11.2. The minimum atomic E-state index is -0.833. The van der Waals surface area contributed by atoms with Crippen molar-refractivity contribution in [3.63, 3.8) is 0 Å². The Morgan fingerprint density at radius 2 is 1.65 bits per heavy atom. The second-order valence-corrected chi connectivity index (χ2v) is 3.97. The van der Waals surface area contributed by atoms with Gasteiger partial charge in [0.15, 0.2) is 0 Å². The van der Waals surface area contributed by atoms with E-state index < -0.39 is 11.9 Å². The molecule has 0 saturated heterocycles. The molecule has 1 aromatic rings. The van der Waals surface area contributed by atoms with Crippen LogP contribution in [-0.2, 0) is 16.0 Å². The van der Waals surface area contributed by atoms with E-state index in [0.717, 1.165) is 11.8 Å². The van der Waals surface area contributed by atoms with Crippen molar-refractivity contribution in [2.75, 3.05) is 0 Å². The summed E-state index contributed by atoms with van der Waals surface area (Å²) in [7, 11) is 0. The first-order valence-electron chi connectivity index (χ1n) is 4.79. The maximum absolute atomic E-state index is 10.4. The molecule has 1 aromatic heterocycles. The van der Waals surface area contributed by atoms with Crippen molar-refractivity contribution < 1.29 is 19.8 Å². The molecule has 0 amide bonds. The molecular weight excluding hydrogens is 240 g/mol. The third-order valence-corrected chi connectivity index (χ3v) is 2.23. The van der Waals surface area contributed by atoms with Gasteiger partial charge < -0.3 is 10.2 Å². The minimum Gasteiger partial charge on any atom is -0.481 e. The van der Waals surface area contributed by atoms with Crippen LogP contribution < -0.4 is 0 Å². The first-order valence-corrected chi connectivity index (χ1v) is 5.67. The Bertz CT molecular complexity index is 382. The molecule has 0 aliphatic rings. The Kier molecular flexibility index (Phi) is 8.32. The summed E-state index contributed by atoms with van der Waals surface area (Å²) in [5, 5.41) is 17.9.